The highest BCUT2D eigenvalue weighted by molar-refractivity contribution is 7.92. The van der Waals surface area contributed by atoms with Gasteiger partial charge in [-0.3, -0.25) is 9.10 Å². The van der Waals surface area contributed by atoms with Crippen LogP contribution in [0.15, 0.2) is 36.4 Å². The number of nitrogens with one attached hydrogen (secondary N) is 1. The van der Waals surface area contributed by atoms with Gasteiger partial charge in [-0.1, -0.05) is 23.2 Å². The minimum Gasteiger partial charge on any atom is -0.493 e. The van der Waals surface area contributed by atoms with Crippen LogP contribution in [0.2, 0.25) is 10.0 Å². The molecule has 0 saturated heterocycles. The number of halogens is 2. The topological polar surface area (TPSA) is 84.9 Å². The largest absolute Gasteiger partial charge is 0.493 e. The summed E-state index contributed by atoms with van der Waals surface area (Å²) < 4.78 is 36.0. The Hall–Kier alpha value is -2.16. The van der Waals surface area contributed by atoms with Crippen LogP contribution in [0, 0.1) is 0 Å². The van der Waals surface area contributed by atoms with Crippen molar-refractivity contribution < 1.29 is 22.7 Å². The standard InChI is InChI=1S/C18H20Cl2N2O5S/c1-11(18(23)21-14-5-6-16(26-2)17(10-14)27-3)22(28(4,24)25)15-8-12(19)7-13(20)9-15/h5-11H,1-4H3,(H,21,23). The molecule has 0 radical (unpaired) electrons. The third-order valence-corrected chi connectivity index (χ3v) is 5.52. The number of benzene rings is 2. The van der Waals surface area contributed by atoms with Crippen LogP contribution in [-0.2, 0) is 14.8 Å². The minimum atomic E-state index is -3.80. The highest BCUT2D eigenvalue weighted by atomic mass is 35.5. The van der Waals surface area contributed by atoms with Crippen LogP contribution in [0.5, 0.6) is 11.5 Å². The first-order valence-electron chi connectivity index (χ1n) is 8.05. The summed E-state index contributed by atoms with van der Waals surface area (Å²) in [5.74, 6) is 0.378. The SMILES string of the molecule is COc1ccc(NC(=O)C(C)N(c2cc(Cl)cc(Cl)c2)S(C)(=O)=O)cc1OC. The number of methoxy groups -OCH3 is 2. The van der Waals surface area contributed by atoms with Gasteiger partial charge in [-0.25, -0.2) is 8.42 Å². The summed E-state index contributed by atoms with van der Waals surface area (Å²) in [6.45, 7) is 1.46. The smallest absolute Gasteiger partial charge is 0.247 e. The maximum Gasteiger partial charge on any atom is 0.247 e. The number of carbonyl (C=O) groups is 1. The number of sulfonamides is 1. The lowest BCUT2D eigenvalue weighted by Gasteiger charge is -2.28. The maximum atomic E-state index is 12.7. The summed E-state index contributed by atoms with van der Waals surface area (Å²) in [5, 5.41) is 3.18. The van der Waals surface area contributed by atoms with E-state index in [1.54, 1.807) is 18.2 Å². The Labute approximate surface area is 174 Å². The van der Waals surface area contributed by atoms with Crippen molar-refractivity contribution in [2.45, 2.75) is 13.0 Å². The number of hydrogen-bond donors (Lipinski definition) is 1. The van der Waals surface area contributed by atoms with E-state index in [2.05, 4.69) is 5.32 Å². The monoisotopic (exact) mass is 446 g/mol. The van der Waals surface area contributed by atoms with Crippen LogP contribution in [0.4, 0.5) is 11.4 Å². The van der Waals surface area contributed by atoms with Gasteiger partial charge in [0.05, 0.1) is 26.2 Å². The summed E-state index contributed by atoms with van der Waals surface area (Å²) in [6, 6.07) is 8.07. The predicted octanol–water partition coefficient (Wildman–Crippen LogP) is 3.80. The van der Waals surface area contributed by atoms with Gasteiger partial charge in [0.1, 0.15) is 6.04 Å². The third-order valence-electron chi connectivity index (χ3n) is 3.84. The molecule has 1 N–H and O–H groups in total. The van der Waals surface area contributed by atoms with E-state index in [-0.39, 0.29) is 15.7 Å². The van der Waals surface area contributed by atoms with Gasteiger partial charge in [-0.2, -0.15) is 0 Å². The summed E-state index contributed by atoms with van der Waals surface area (Å²) in [6.07, 6.45) is 1.00. The first-order chi connectivity index (χ1) is 13.1. The van der Waals surface area contributed by atoms with Gasteiger partial charge in [-0.15, -0.1) is 0 Å². The zero-order valence-corrected chi connectivity index (χ0v) is 18.0. The van der Waals surface area contributed by atoms with E-state index in [1.807, 2.05) is 0 Å². The van der Waals surface area contributed by atoms with Gasteiger partial charge in [0.25, 0.3) is 0 Å². The molecule has 2 rings (SSSR count). The van der Waals surface area contributed by atoms with Crippen molar-refractivity contribution in [1.29, 1.82) is 0 Å². The molecule has 0 aliphatic heterocycles. The van der Waals surface area contributed by atoms with Crippen LogP contribution in [0.3, 0.4) is 0 Å². The summed E-state index contributed by atoms with van der Waals surface area (Å²) in [4.78, 5) is 12.7. The molecule has 1 atom stereocenters. The molecule has 0 spiro atoms. The van der Waals surface area contributed by atoms with Crippen molar-refractivity contribution in [3.05, 3.63) is 46.4 Å². The molecule has 152 valence electrons. The summed E-state index contributed by atoms with van der Waals surface area (Å²) in [5.41, 5.74) is 0.613. The molecule has 0 aliphatic rings. The molecule has 0 fully saturated rings. The minimum absolute atomic E-state index is 0.190. The van der Waals surface area contributed by atoms with E-state index in [1.165, 1.54) is 39.3 Å². The van der Waals surface area contributed by atoms with Crippen LogP contribution in [0.1, 0.15) is 6.92 Å². The van der Waals surface area contributed by atoms with Gasteiger partial charge in [0.15, 0.2) is 11.5 Å². The van der Waals surface area contributed by atoms with Crippen molar-refractivity contribution in [1.82, 2.24) is 0 Å². The molecule has 0 saturated carbocycles. The van der Waals surface area contributed by atoms with E-state index in [4.69, 9.17) is 32.7 Å². The highest BCUT2D eigenvalue weighted by Gasteiger charge is 2.29. The normalized spacial score (nSPS) is 12.2. The van der Waals surface area contributed by atoms with Gasteiger partial charge in [-0.05, 0) is 37.3 Å². The van der Waals surface area contributed by atoms with E-state index in [0.29, 0.717) is 17.2 Å². The van der Waals surface area contributed by atoms with Crippen molar-refractivity contribution in [3.63, 3.8) is 0 Å². The second kappa shape index (κ2) is 8.89. The van der Waals surface area contributed by atoms with Crippen molar-refractivity contribution >= 4 is 50.5 Å². The van der Waals surface area contributed by atoms with Crippen LogP contribution in [0.25, 0.3) is 0 Å². The van der Waals surface area contributed by atoms with Gasteiger partial charge in [0, 0.05) is 21.8 Å². The highest BCUT2D eigenvalue weighted by Crippen LogP contribution is 2.31. The molecular weight excluding hydrogens is 427 g/mol. The fraction of sp³-hybridized carbons (Fsp3) is 0.278. The predicted molar refractivity (Wildman–Crippen MR) is 111 cm³/mol. The fourth-order valence-electron chi connectivity index (χ4n) is 2.64. The number of carbonyl (C=O) groups excluding carboxylic acids is 1. The number of amides is 1. The van der Waals surface area contributed by atoms with Gasteiger partial charge >= 0.3 is 0 Å². The number of ether oxygens (including phenoxy) is 2. The molecule has 7 nitrogen and oxygen atoms in total. The summed E-state index contributed by atoms with van der Waals surface area (Å²) >= 11 is 12.0. The Kier molecular flexibility index (Phi) is 7.03. The Bertz CT molecular complexity index is 962. The first kappa shape index (κ1) is 22.1. The van der Waals surface area contributed by atoms with Crippen molar-refractivity contribution in [3.8, 4) is 11.5 Å². The zero-order valence-electron chi connectivity index (χ0n) is 15.7. The Morgan fingerprint density at radius 3 is 2.11 bits per heavy atom. The fourth-order valence-corrected chi connectivity index (χ4v) is 4.31. The van der Waals surface area contributed by atoms with E-state index in [9.17, 15) is 13.2 Å². The molecule has 0 bridgehead atoms. The average Bonchev–Trinajstić information content (AvgIpc) is 2.59. The molecule has 0 aromatic heterocycles. The molecule has 0 aliphatic carbocycles. The zero-order chi connectivity index (χ0) is 21.1. The van der Waals surface area contributed by atoms with Crippen LogP contribution < -0.4 is 19.1 Å². The maximum absolute atomic E-state index is 12.7. The van der Waals surface area contributed by atoms with E-state index in [0.717, 1.165) is 10.6 Å². The lowest BCUT2D eigenvalue weighted by Crippen LogP contribution is -2.45. The second-order valence-electron chi connectivity index (χ2n) is 5.92. The van der Waals surface area contributed by atoms with Crippen molar-refractivity contribution in [2.24, 2.45) is 0 Å². The van der Waals surface area contributed by atoms with Gasteiger partial charge < -0.3 is 14.8 Å². The second-order valence-corrected chi connectivity index (χ2v) is 8.65. The molecule has 2 aromatic carbocycles. The third kappa shape index (κ3) is 5.21. The summed E-state index contributed by atoms with van der Waals surface area (Å²) in [7, 11) is -0.830. The Balaban J connectivity index is 2.34. The van der Waals surface area contributed by atoms with E-state index >= 15 is 0 Å². The van der Waals surface area contributed by atoms with E-state index < -0.39 is 22.0 Å². The van der Waals surface area contributed by atoms with Crippen LogP contribution >= 0.6 is 23.2 Å². The lowest BCUT2D eigenvalue weighted by atomic mass is 10.2. The molecule has 1 amide bonds. The first-order valence-corrected chi connectivity index (χ1v) is 10.7. The molecular formula is C18H20Cl2N2O5S. The number of hydrogen-bond acceptors (Lipinski definition) is 5. The molecule has 28 heavy (non-hydrogen) atoms. The number of nitrogens with zero attached hydrogens (tertiary/aromatic N) is 1. The quantitative estimate of drug-likeness (QED) is 0.698. The number of anilines is 2. The molecule has 2 aromatic rings. The Morgan fingerprint density at radius 1 is 1.04 bits per heavy atom. The number of rotatable bonds is 7. The van der Waals surface area contributed by atoms with Crippen molar-refractivity contribution in [2.75, 3.05) is 30.1 Å². The molecule has 10 heteroatoms. The lowest BCUT2D eigenvalue weighted by molar-refractivity contribution is -0.116. The average molecular weight is 447 g/mol. The Morgan fingerprint density at radius 2 is 1.61 bits per heavy atom. The molecule has 1 unspecified atom stereocenters. The molecule has 0 heterocycles. The van der Waals surface area contributed by atoms with Crippen LogP contribution in [-0.4, -0.2) is 40.8 Å². The van der Waals surface area contributed by atoms with Gasteiger partial charge in [0.2, 0.25) is 15.9 Å².